The van der Waals surface area contributed by atoms with Crippen molar-refractivity contribution in [2.24, 2.45) is 11.8 Å². The fraction of sp³-hybridized carbons (Fsp3) is 0.682. The van der Waals surface area contributed by atoms with E-state index in [4.69, 9.17) is 4.52 Å². The van der Waals surface area contributed by atoms with E-state index in [1.54, 1.807) is 11.3 Å². The molecule has 2 saturated heterocycles. The lowest BCUT2D eigenvalue weighted by molar-refractivity contribution is -0.126. The molecule has 2 aromatic rings. The summed E-state index contributed by atoms with van der Waals surface area (Å²) in [6.07, 6.45) is 5.62. The van der Waals surface area contributed by atoms with Gasteiger partial charge in [-0.15, -0.1) is 11.3 Å². The molecule has 30 heavy (non-hydrogen) atoms. The second-order valence-electron chi connectivity index (χ2n) is 8.73. The molecule has 2 fully saturated rings. The third-order valence-corrected chi connectivity index (χ3v) is 7.14. The number of carbonyl (C=O) groups is 1. The number of aromatic nitrogens is 2. The van der Waals surface area contributed by atoms with Crippen LogP contribution in [-0.4, -0.2) is 65.1 Å². The van der Waals surface area contributed by atoms with Gasteiger partial charge in [-0.3, -0.25) is 9.69 Å². The molecular weight excluding hydrogens is 398 g/mol. The van der Waals surface area contributed by atoms with Gasteiger partial charge in [-0.2, -0.15) is 4.98 Å². The normalized spacial score (nSPS) is 21.7. The van der Waals surface area contributed by atoms with Crippen LogP contribution < -0.4 is 5.32 Å². The number of piperidine rings is 2. The molecular formula is C22H33N5O2S. The van der Waals surface area contributed by atoms with Crippen LogP contribution in [0.25, 0.3) is 10.7 Å². The number of thiophene rings is 1. The summed E-state index contributed by atoms with van der Waals surface area (Å²) in [5.74, 6) is 2.38. The van der Waals surface area contributed by atoms with Crippen molar-refractivity contribution >= 4 is 17.2 Å². The quantitative estimate of drug-likeness (QED) is 0.647. The Hall–Kier alpha value is -1.77. The number of hydrogen-bond donors (Lipinski definition) is 1. The van der Waals surface area contributed by atoms with Crippen LogP contribution in [0.15, 0.2) is 22.0 Å². The lowest BCUT2D eigenvalue weighted by atomic mass is 9.97. The average molecular weight is 432 g/mol. The Bertz CT molecular complexity index is 785. The topological polar surface area (TPSA) is 74.5 Å². The van der Waals surface area contributed by atoms with Gasteiger partial charge in [-0.1, -0.05) is 18.1 Å². The summed E-state index contributed by atoms with van der Waals surface area (Å²) in [6.45, 7) is 8.94. The molecule has 7 nitrogen and oxygen atoms in total. The Morgan fingerprint density at radius 1 is 1.27 bits per heavy atom. The first-order valence-electron chi connectivity index (χ1n) is 11.3. The molecule has 2 aliphatic heterocycles. The van der Waals surface area contributed by atoms with Crippen LogP contribution in [0.4, 0.5) is 0 Å². The van der Waals surface area contributed by atoms with Crippen LogP contribution in [0.3, 0.4) is 0 Å². The number of nitrogens with one attached hydrogen (secondary N) is 1. The minimum atomic E-state index is 0.0503. The first-order valence-corrected chi connectivity index (χ1v) is 12.1. The van der Waals surface area contributed by atoms with Crippen molar-refractivity contribution in [1.29, 1.82) is 0 Å². The van der Waals surface area contributed by atoms with Crippen molar-refractivity contribution in [2.45, 2.75) is 45.6 Å². The Morgan fingerprint density at radius 2 is 2.13 bits per heavy atom. The number of amides is 1. The van der Waals surface area contributed by atoms with Gasteiger partial charge in [0.2, 0.25) is 17.6 Å². The molecule has 0 radical (unpaired) electrons. The zero-order chi connectivity index (χ0) is 20.8. The second kappa shape index (κ2) is 10.5. The van der Waals surface area contributed by atoms with Crippen LogP contribution in [0, 0.1) is 11.8 Å². The van der Waals surface area contributed by atoms with E-state index in [1.165, 1.54) is 25.9 Å². The molecule has 0 aromatic carbocycles. The van der Waals surface area contributed by atoms with E-state index in [0.29, 0.717) is 18.3 Å². The summed E-state index contributed by atoms with van der Waals surface area (Å²) in [6, 6.07) is 3.98. The van der Waals surface area contributed by atoms with Crippen molar-refractivity contribution in [3.63, 3.8) is 0 Å². The minimum absolute atomic E-state index is 0.0503. The predicted octanol–water partition coefficient (Wildman–Crippen LogP) is 3.25. The van der Waals surface area contributed by atoms with Crippen molar-refractivity contribution in [1.82, 2.24) is 25.3 Å². The Kier molecular flexibility index (Phi) is 7.52. The summed E-state index contributed by atoms with van der Waals surface area (Å²) < 4.78 is 5.43. The minimum Gasteiger partial charge on any atom is -0.356 e. The number of likely N-dealkylation sites (tertiary alicyclic amines) is 2. The first-order chi connectivity index (χ1) is 14.7. The van der Waals surface area contributed by atoms with Gasteiger partial charge in [0.1, 0.15) is 0 Å². The molecule has 1 atom stereocenters. The van der Waals surface area contributed by atoms with Gasteiger partial charge in [0.25, 0.3) is 0 Å². The molecule has 2 aromatic heterocycles. The summed E-state index contributed by atoms with van der Waals surface area (Å²) in [5.41, 5.74) is 0. The molecule has 0 aliphatic carbocycles. The summed E-state index contributed by atoms with van der Waals surface area (Å²) in [7, 11) is 0. The smallest absolute Gasteiger partial charge is 0.241 e. The van der Waals surface area contributed by atoms with Crippen molar-refractivity contribution in [3.8, 4) is 10.7 Å². The Labute approximate surface area is 182 Å². The number of hydrogen-bond acceptors (Lipinski definition) is 7. The Balaban J connectivity index is 1.17. The van der Waals surface area contributed by atoms with Crippen molar-refractivity contribution < 1.29 is 9.32 Å². The Morgan fingerprint density at radius 3 is 2.93 bits per heavy atom. The van der Waals surface area contributed by atoms with Crippen LogP contribution in [0.1, 0.15) is 44.9 Å². The maximum Gasteiger partial charge on any atom is 0.241 e. The molecule has 1 amide bonds. The highest BCUT2D eigenvalue weighted by Crippen LogP contribution is 2.23. The molecule has 2 aliphatic rings. The highest BCUT2D eigenvalue weighted by Gasteiger charge is 2.27. The highest BCUT2D eigenvalue weighted by atomic mass is 32.1. The summed E-state index contributed by atoms with van der Waals surface area (Å²) >= 11 is 1.60. The molecule has 0 bridgehead atoms. The molecule has 8 heteroatoms. The van der Waals surface area contributed by atoms with E-state index in [0.717, 1.165) is 56.2 Å². The van der Waals surface area contributed by atoms with Crippen molar-refractivity contribution in [3.05, 3.63) is 23.4 Å². The fourth-order valence-electron chi connectivity index (χ4n) is 4.37. The molecule has 0 saturated carbocycles. The third kappa shape index (κ3) is 5.89. The maximum atomic E-state index is 12.6. The van der Waals surface area contributed by atoms with Crippen LogP contribution >= 0.6 is 11.3 Å². The van der Waals surface area contributed by atoms with Gasteiger partial charge in [-0.05, 0) is 75.6 Å². The standard InChI is InChI=1S/C22H33N5O2S/c1-17-7-12-26(13-8-17)11-4-9-23-22(28)18-5-2-10-27(15-18)16-20-24-21(25-29-20)19-6-3-14-30-19/h3,6,14,17-18H,2,4-5,7-13,15-16H2,1H3,(H,23,28). The van der Waals surface area contributed by atoms with Crippen molar-refractivity contribution in [2.75, 3.05) is 39.3 Å². The largest absolute Gasteiger partial charge is 0.356 e. The third-order valence-electron chi connectivity index (χ3n) is 6.27. The summed E-state index contributed by atoms with van der Waals surface area (Å²) in [5, 5.41) is 9.26. The van der Waals surface area contributed by atoms with Gasteiger partial charge in [0, 0.05) is 13.1 Å². The van der Waals surface area contributed by atoms with Crippen LogP contribution in [0.2, 0.25) is 0 Å². The van der Waals surface area contributed by atoms with E-state index in [9.17, 15) is 4.79 Å². The number of nitrogens with zero attached hydrogens (tertiary/aromatic N) is 4. The summed E-state index contributed by atoms with van der Waals surface area (Å²) in [4.78, 5) is 23.0. The van der Waals surface area contributed by atoms with Gasteiger partial charge in [0.05, 0.1) is 17.3 Å². The average Bonchev–Trinajstić information content (AvgIpc) is 3.44. The zero-order valence-corrected chi connectivity index (χ0v) is 18.7. The molecule has 0 spiro atoms. The molecule has 1 N–H and O–H groups in total. The van der Waals surface area contributed by atoms with E-state index in [-0.39, 0.29) is 11.8 Å². The molecule has 164 valence electrons. The number of rotatable bonds is 8. The first kappa shape index (κ1) is 21.5. The molecule has 1 unspecified atom stereocenters. The van der Waals surface area contributed by atoms with E-state index in [1.807, 2.05) is 17.5 Å². The van der Waals surface area contributed by atoms with Gasteiger partial charge >= 0.3 is 0 Å². The van der Waals surface area contributed by atoms with E-state index >= 15 is 0 Å². The molecule has 4 heterocycles. The van der Waals surface area contributed by atoms with Gasteiger partial charge in [0.15, 0.2) is 0 Å². The monoisotopic (exact) mass is 431 g/mol. The SMILES string of the molecule is CC1CCN(CCCNC(=O)C2CCCN(Cc3nc(-c4cccs4)no3)C2)CC1. The zero-order valence-electron chi connectivity index (χ0n) is 17.9. The van der Waals surface area contributed by atoms with E-state index < -0.39 is 0 Å². The van der Waals surface area contributed by atoms with E-state index in [2.05, 4.69) is 32.2 Å². The lowest BCUT2D eigenvalue weighted by Gasteiger charge is -2.31. The second-order valence-corrected chi connectivity index (χ2v) is 9.68. The predicted molar refractivity (Wildman–Crippen MR) is 118 cm³/mol. The van der Waals surface area contributed by atoms with Gasteiger partial charge < -0.3 is 14.7 Å². The lowest BCUT2D eigenvalue weighted by Crippen LogP contribution is -2.43. The number of carbonyl (C=O) groups excluding carboxylic acids is 1. The molecule has 4 rings (SSSR count). The van der Waals surface area contributed by atoms with Crippen LogP contribution in [-0.2, 0) is 11.3 Å². The highest BCUT2D eigenvalue weighted by molar-refractivity contribution is 7.13. The van der Waals surface area contributed by atoms with Gasteiger partial charge in [-0.25, -0.2) is 0 Å². The fourth-order valence-corrected chi connectivity index (χ4v) is 5.02. The maximum absolute atomic E-state index is 12.6. The van der Waals surface area contributed by atoms with Crippen LogP contribution in [0.5, 0.6) is 0 Å².